The molecule has 4 rings (SSSR count). The lowest BCUT2D eigenvalue weighted by Crippen LogP contribution is -2.54. The molecule has 12 heteroatoms. The van der Waals surface area contributed by atoms with Crippen LogP contribution < -0.4 is 19.1 Å². The van der Waals surface area contributed by atoms with Crippen LogP contribution in [0.1, 0.15) is 42.5 Å². The summed E-state index contributed by atoms with van der Waals surface area (Å²) in [5.41, 5.74) is 3.35. The Morgan fingerprint density at radius 1 is 0.820 bits per heavy atom. The normalized spacial score (nSPS) is 12.5. The summed E-state index contributed by atoms with van der Waals surface area (Å²) < 4.78 is 40.9. The van der Waals surface area contributed by atoms with Gasteiger partial charge in [-0.2, -0.15) is 0 Å². The molecule has 4 aromatic carbocycles. The molecule has 9 nitrogen and oxygen atoms in total. The second-order valence-electron chi connectivity index (χ2n) is 12.2. The molecule has 0 unspecified atom stereocenters. The highest BCUT2D eigenvalue weighted by Crippen LogP contribution is 2.33. The fraction of sp³-hybridized carbons (Fsp3) is 0.316. The van der Waals surface area contributed by atoms with E-state index >= 15 is 0 Å². The minimum absolute atomic E-state index is 0.0434. The van der Waals surface area contributed by atoms with Gasteiger partial charge >= 0.3 is 0 Å². The molecule has 0 aliphatic heterocycles. The molecule has 0 spiro atoms. The first kappa shape index (κ1) is 38.6. The highest BCUT2D eigenvalue weighted by atomic mass is 35.5. The second-order valence-corrected chi connectivity index (χ2v) is 14.8. The summed E-state index contributed by atoms with van der Waals surface area (Å²) in [5, 5.41) is 3.66. The number of rotatable bonds is 15. The summed E-state index contributed by atoms with van der Waals surface area (Å²) in [6.07, 6.45) is 0.858. The summed E-state index contributed by atoms with van der Waals surface area (Å²) in [7, 11) is -1.50. The molecular formula is C38H43Cl2N3O6S. The largest absolute Gasteiger partial charge is 0.493 e. The van der Waals surface area contributed by atoms with Crippen molar-refractivity contribution in [1.29, 1.82) is 0 Å². The molecule has 4 aromatic rings. The van der Waals surface area contributed by atoms with Gasteiger partial charge in [0.2, 0.25) is 11.8 Å². The molecule has 0 saturated heterocycles. The Bertz CT molecular complexity index is 1900. The van der Waals surface area contributed by atoms with Crippen molar-refractivity contribution >= 4 is 50.7 Å². The summed E-state index contributed by atoms with van der Waals surface area (Å²) in [5.74, 6) is -0.396. The molecule has 0 saturated carbocycles. The van der Waals surface area contributed by atoms with E-state index < -0.39 is 28.5 Å². The summed E-state index contributed by atoms with van der Waals surface area (Å²) in [4.78, 5) is 30.2. The van der Waals surface area contributed by atoms with Gasteiger partial charge in [0, 0.05) is 25.1 Å². The van der Waals surface area contributed by atoms with E-state index in [2.05, 4.69) is 5.32 Å². The molecular weight excluding hydrogens is 697 g/mol. The maximum atomic E-state index is 14.8. The number of nitrogens with zero attached hydrogens (tertiary/aromatic N) is 2. The Morgan fingerprint density at radius 2 is 1.48 bits per heavy atom. The number of anilines is 1. The van der Waals surface area contributed by atoms with Gasteiger partial charge in [0.25, 0.3) is 10.0 Å². The van der Waals surface area contributed by atoms with Crippen molar-refractivity contribution < 1.29 is 27.5 Å². The third-order valence-electron chi connectivity index (χ3n) is 8.33. The average Bonchev–Trinajstić information content (AvgIpc) is 3.09. The van der Waals surface area contributed by atoms with Crippen LogP contribution in [0.4, 0.5) is 5.69 Å². The standard InChI is InChI=1S/C38H43Cl2N3O6S/c1-7-27(4)41-38(45)34(21-28-11-9-8-10-12-28)42(23-29-13-15-32(39)33(40)20-29)37(44)24-43(30-18-25(2)17-26(3)19-30)50(46,47)31-14-16-35(48-5)36(22-31)49-6/h8-20,22,27,34H,7,21,23-24H2,1-6H3,(H,41,45)/t27-,34+/m1/s1. The van der Waals surface area contributed by atoms with Crippen molar-refractivity contribution in [3.63, 3.8) is 0 Å². The van der Waals surface area contributed by atoms with Gasteiger partial charge in [-0.15, -0.1) is 0 Å². The lowest BCUT2D eigenvalue weighted by molar-refractivity contribution is -0.140. The average molecular weight is 741 g/mol. The van der Waals surface area contributed by atoms with Crippen LogP contribution in [0.5, 0.6) is 11.5 Å². The van der Waals surface area contributed by atoms with Crippen LogP contribution >= 0.6 is 23.2 Å². The zero-order valence-electron chi connectivity index (χ0n) is 29.1. The van der Waals surface area contributed by atoms with Gasteiger partial charge < -0.3 is 19.7 Å². The quantitative estimate of drug-likeness (QED) is 0.137. The van der Waals surface area contributed by atoms with E-state index in [-0.39, 0.29) is 40.6 Å². The van der Waals surface area contributed by atoms with Crippen molar-refractivity contribution in [2.75, 3.05) is 25.1 Å². The van der Waals surface area contributed by atoms with Gasteiger partial charge in [-0.1, -0.05) is 72.6 Å². The predicted octanol–water partition coefficient (Wildman–Crippen LogP) is 7.38. The molecule has 0 radical (unpaired) electrons. The summed E-state index contributed by atoms with van der Waals surface area (Å²) >= 11 is 12.6. The highest BCUT2D eigenvalue weighted by Gasteiger charge is 2.35. The number of aryl methyl sites for hydroxylation is 2. The third kappa shape index (κ3) is 9.50. The van der Waals surface area contributed by atoms with Crippen molar-refractivity contribution in [3.05, 3.63) is 117 Å². The zero-order valence-corrected chi connectivity index (χ0v) is 31.4. The second kappa shape index (κ2) is 17.1. The molecule has 0 aliphatic rings. The van der Waals surface area contributed by atoms with Gasteiger partial charge in [0.15, 0.2) is 11.5 Å². The zero-order chi connectivity index (χ0) is 36.6. The molecule has 0 fully saturated rings. The van der Waals surface area contributed by atoms with Crippen LogP contribution in [-0.2, 0) is 32.6 Å². The number of hydrogen-bond acceptors (Lipinski definition) is 6. The minimum atomic E-state index is -4.38. The third-order valence-corrected chi connectivity index (χ3v) is 10.8. The molecule has 0 aromatic heterocycles. The Labute approximate surface area is 305 Å². The van der Waals surface area contributed by atoms with Gasteiger partial charge in [-0.05, 0) is 85.8 Å². The Balaban J connectivity index is 1.87. The summed E-state index contributed by atoms with van der Waals surface area (Å²) in [6.45, 7) is 6.90. The van der Waals surface area contributed by atoms with Crippen molar-refractivity contribution in [2.45, 2.75) is 64.1 Å². The fourth-order valence-electron chi connectivity index (χ4n) is 5.56. The number of hydrogen-bond donors (Lipinski definition) is 1. The number of nitrogens with one attached hydrogen (secondary N) is 1. The molecule has 2 atom stereocenters. The number of halogens is 2. The van der Waals surface area contributed by atoms with Crippen molar-refractivity contribution in [2.24, 2.45) is 0 Å². The van der Waals surface area contributed by atoms with E-state index in [9.17, 15) is 18.0 Å². The van der Waals surface area contributed by atoms with Gasteiger partial charge in [-0.3, -0.25) is 13.9 Å². The number of sulfonamides is 1. The van der Waals surface area contributed by atoms with Gasteiger partial charge in [-0.25, -0.2) is 8.42 Å². The molecule has 50 heavy (non-hydrogen) atoms. The van der Waals surface area contributed by atoms with Crippen LogP contribution in [0.3, 0.4) is 0 Å². The molecule has 0 heterocycles. The minimum Gasteiger partial charge on any atom is -0.493 e. The molecule has 2 amide bonds. The number of amides is 2. The maximum absolute atomic E-state index is 14.8. The van der Waals surface area contributed by atoms with Crippen LogP contribution in [0.25, 0.3) is 0 Å². The van der Waals surface area contributed by atoms with E-state index in [1.165, 1.54) is 37.3 Å². The summed E-state index contributed by atoms with van der Waals surface area (Å²) in [6, 6.07) is 22.8. The number of ether oxygens (including phenoxy) is 2. The number of carbonyl (C=O) groups is 2. The smallest absolute Gasteiger partial charge is 0.264 e. The monoisotopic (exact) mass is 739 g/mol. The van der Waals surface area contributed by atoms with E-state index in [1.54, 1.807) is 30.3 Å². The van der Waals surface area contributed by atoms with Crippen LogP contribution in [0.2, 0.25) is 10.0 Å². The van der Waals surface area contributed by atoms with E-state index in [0.717, 1.165) is 21.0 Å². The first-order valence-electron chi connectivity index (χ1n) is 16.2. The first-order valence-corrected chi connectivity index (χ1v) is 18.4. The van der Waals surface area contributed by atoms with Crippen LogP contribution in [0.15, 0.2) is 89.8 Å². The Morgan fingerprint density at radius 3 is 2.08 bits per heavy atom. The van der Waals surface area contributed by atoms with Crippen molar-refractivity contribution in [3.8, 4) is 11.5 Å². The first-order chi connectivity index (χ1) is 23.8. The SMILES string of the molecule is CC[C@@H](C)NC(=O)[C@H](Cc1ccccc1)N(Cc1ccc(Cl)c(Cl)c1)C(=O)CN(c1cc(C)cc(C)c1)S(=O)(=O)c1ccc(OC)c(OC)c1. The predicted molar refractivity (Wildman–Crippen MR) is 199 cm³/mol. The number of methoxy groups -OCH3 is 2. The number of carbonyl (C=O) groups excluding carboxylic acids is 2. The Kier molecular flexibility index (Phi) is 13.2. The molecule has 0 bridgehead atoms. The number of benzene rings is 4. The van der Waals surface area contributed by atoms with Crippen LogP contribution in [-0.4, -0.2) is 58.0 Å². The lowest BCUT2D eigenvalue weighted by atomic mass is 10.0. The molecule has 1 N–H and O–H groups in total. The fourth-order valence-corrected chi connectivity index (χ4v) is 7.29. The van der Waals surface area contributed by atoms with Gasteiger partial charge in [0.05, 0.1) is 34.8 Å². The topological polar surface area (TPSA) is 105 Å². The van der Waals surface area contributed by atoms with Gasteiger partial charge in [0.1, 0.15) is 12.6 Å². The molecule has 266 valence electrons. The maximum Gasteiger partial charge on any atom is 0.264 e. The van der Waals surface area contributed by atoms with E-state index in [4.69, 9.17) is 32.7 Å². The molecule has 0 aliphatic carbocycles. The highest BCUT2D eigenvalue weighted by molar-refractivity contribution is 7.92. The van der Waals surface area contributed by atoms with E-state index in [1.807, 2.05) is 64.1 Å². The van der Waals surface area contributed by atoms with Crippen LogP contribution in [0, 0.1) is 13.8 Å². The van der Waals surface area contributed by atoms with E-state index in [0.29, 0.717) is 28.4 Å². The van der Waals surface area contributed by atoms with Crippen molar-refractivity contribution in [1.82, 2.24) is 10.2 Å². The lowest BCUT2D eigenvalue weighted by Gasteiger charge is -2.34. The Hall–Kier alpha value is -4.25.